The van der Waals surface area contributed by atoms with E-state index in [-0.39, 0.29) is 18.7 Å². The number of nitrogens with one attached hydrogen (secondary N) is 1. The van der Waals surface area contributed by atoms with Crippen LogP contribution in [0.1, 0.15) is 6.92 Å². The van der Waals surface area contributed by atoms with E-state index >= 15 is 0 Å². The highest BCUT2D eigenvalue weighted by molar-refractivity contribution is 7.76. The predicted molar refractivity (Wildman–Crippen MR) is 51.6 cm³/mol. The second-order valence-electron chi connectivity index (χ2n) is 2.95. The van der Waals surface area contributed by atoms with Crippen LogP contribution in [0.5, 0.6) is 0 Å². The van der Waals surface area contributed by atoms with Crippen LogP contribution in [0.25, 0.3) is 0 Å². The van der Waals surface area contributed by atoms with Gasteiger partial charge in [0.2, 0.25) is 11.3 Å². The molecule has 0 aromatic heterocycles. The summed E-state index contributed by atoms with van der Waals surface area (Å²) >= 11 is -2.03. The number of ether oxygens (including phenoxy) is 1. The molecule has 0 aromatic carbocycles. The first kappa shape index (κ1) is 12.3. The zero-order valence-corrected chi connectivity index (χ0v) is 9.10. The van der Waals surface area contributed by atoms with Gasteiger partial charge in [-0.25, -0.2) is 18.8 Å². The monoisotopic (exact) mass is 239 g/mol. The molecule has 0 fully saturated rings. The molecule has 1 rings (SSSR count). The summed E-state index contributed by atoms with van der Waals surface area (Å²) in [7, 11) is 1.48. The summed E-state index contributed by atoms with van der Waals surface area (Å²) in [5.74, 6) is 0. The summed E-state index contributed by atoms with van der Waals surface area (Å²) in [5.41, 5.74) is 2.26. The minimum absolute atomic E-state index is 0.0483. The minimum atomic E-state index is -2.03. The van der Waals surface area contributed by atoms with Crippen molar-refractivity contribution in [3.63, 3.8) is 0 Å². The van der Waals surface area contributed by atoms with Crippen LogP contribution < -0.4 is 5.48 Å². The number of hydrogen-bond donors (Lipinski definition) is 3. The largest absolute Gasteiger partial charge is 0.459 e. The van der Waals surface area contributed by atoms with Crippen LogP contribution in [0.2, 0.25) is 0 Å². The molecule has 3 N–H and O–H groups in total. The maximum atomic E-state index is 10.6. The van der Waals surface area contributed by atoms with Crippen LogP contribution >= 0.6 is 0 Å². The molecule has 0 spiro atoms. The second kappa shape index (κ2) is 5.37. The van der Waals surface area contributed by atoms with Gasteiger partial charge in [0.15, 0.2) is 0 Å². The number of nitrogens with zero attached hydrogens (tertiary/aromatic N) is 2. The topological polar surface area (TPSA) is 104 Å². The molecule has 8 nitrogen and oxygen atoms in total. The first-order chi connectivity index (χ1) is 6.99. The normalized spacial score (nSPS) is 24.6. The molecule has 1 aliphatic rings. The predicted octanol–water partition coefficient (Wildman–Crippen LogP) is -1.37. The molecular formula is C6H13N3O5S. The van der Waals surface area contributed by atoms with Crippen molar-refractivity contribution >= 4 is 17.3 Å². The van der Waals surface area contributed by atoms with E-state index in [0.29, 0.717) is 0 Å². The third-order valence-corrected chi connectivity index (χ3v) is 2.26. The van der Waals surface area contributed by atoms with Gasteiger partial charge < -0.3 is 9.84 Å². The van der Waals surface area contributed by atoms with Gasteiger partial charge in [-0.1, -0.05) is 0 Å². The van der Waals surface area contributed by atoms with Crippen LogP contribution in [0.15, 0.2) is 4.99 Å². The van der Waals surface area contributed by atoms with Crippen LogP contribution in [0.3, 0.4) is 0 Å². The molecule has 0 aliphatic carbocycles. The average molecular weight is 239 g/mol. The smallest absolute Gasteiger partial charge is 0.314 e. The molecule has 3 atom stereocenters. The summed E-state index contributed by atoms with van der Waals surface area (Å²) in [4.78, 5) is 8.01. The zero-order chi connectivity index (χ0) is 11.4. The van der Waals surface area contributed by atoms with Crippen LogP contribution in [0, 0.1) is 0 Å². The molecule has 0 bridgehead atoms. The highest BCUT2D eigenvalue weighted by Gasteiger charge is 2.19. The summed E-state index contributed by atoms with van der Waals surface area (Å²) in [6.45, 7) is 1.93. The lowest BCUT2D eigenvalue weighted by Crippen LogP contribution is -2.34. The molecule has 2 unspecified atom stereocenters. The number of hydrogen-bond acceptors (Lipinski definition) is 6. The third-order valence-electron chi connectivity index (χ3n) is 1.57. The fourth-order valence-electron chi connectivity index (χ4n) is 0.964. The molecule has 1 heterocycles. The Kier molecular flexibility index (Phi) is 4.42. The molecule has 0 saturated carbocycles. The van der Waals surface area contributed by atoms with Crippen LogP contribution in [-0.4, -0.2) is 50.3 Å². The summed E-state index contributed by atoms with van der Waals surface area (Å²) < 4.78 is 25.7. The molecule has 88 valence electrons. The van der Waals surface area contributed by atoms with Crippen molar-refractivity contribution in [2.24, 2.45) is 4.99 Å². The highest BCUT2D eigenvalue weighted by atomic mass is 32.2. The molecule has 0 amide bonds. The Hall–Kier alpha value is -0.740. The molecule has 0 radical (unpaired) electrons. The quantitative estimate of drug-likeness (QED) is 0.523. The Morgan fingerprint density at radius 2 is 2.53 bits per heavy atom. The number of likely N-dealkylation sites (N-methyl/N-ethyl adjacent to an activating group) is 1. The number of aliphatic imine (C=N–C) groups is 1. The van der Waals surface area contributed by atoms with E-state index in [1.807, 2.05) is 0 Å². The summed E-state index contributed by atoms with van der Waals surface area (Å²) in [6, 6.07) is 0.0483. The standard InChI is InChI=1S/C6H13N3O5S/c1-4(3-9(2)15(11)12)13-5-7-6(10)14-8-5/h4,6,10H,3H2,1-2H3,(H,7,8)(H,11,12)/t4-,6?/m1/s1. The molecule has 0 saturated heterocycles. The molecule has 0 aromatic rings. The maximum Gasteiger partial charge on any atom is 0.314 e. The molecule has 9 heteroatoms. The first-order valence-electron chi connectivity index (χ1n) is 4.15. The van der Waals surface area contributed by atoms with E-state index in [2.05, 4.69) is 15.3 Å². The SMILES string of the molecule is C[C@H](CN(C)S(=O)O)OC1=NC(O)ON1. The van der Waals surface area contributed by atoms with Gasteiger partial charge in [0.1, 0.15) is 6.10 Å². The van der Waals surface area contributed by atoms with E-state index < -0.39 is 17.7 Å². The zero-order valence-electron chi connectivity index (χ0n) is 8.28. The third kappa shape index (κ3) is 4.10. The van der Waals surface area contributed by atoms with Crippen molar-refractivity contribution in [1.82, 2.24) is 9.79 Å². The summed E-state index contributed by atoms with van der Waals surface area (Å²) in [5, 5.41) is 8.83. The maximum absolute atomic E-state index is 10.6. The van der Waals surface area contributed by atoms with Crippen molar-refractivity contribution in [2.45, 2.75) is 19.4 Å². The van der Waals surface area contributed by atoms with Crippen molar-refractivity contribution in [2.75, 3.05) is 13.6 Å². The van der Waals surface area contributed by atoms with E-state index in [4.69, 9.17) is 14.4 Å². The lowest BCUT2D eigenvalue weighted by molar-refractivity contribution is -0.104. The lowest BCUT2D eigenvalue weighted by Gasteiger charge is -2.18. The fraction of sp³-hybridized carbons (Fsp3) is 0.833. The van der Waals surface area contributed by atoms with Gasteiger partial charge in [-0.15, -0.1) is 0 Å². The van der Waals surface area contributed by atoms with E-state index in [0.717, 1.165) is 0 Å². The van der Waals surface area contributed by atoms with Crippen molar-refractivity contribution in [1.29, 1.82) is 0 Å². The first-order valence-corrected chi connectivity index (χ1v) is 5.21. The fourth-order valence-corrected chi connectivity index (χ4v) is 1.30. The summed E-state index contributed by atoms with van der Waals surface area (Å²) in [6.07, 6.45) is -1.64. The highest BCUT2D eigenvalue weighted by Crippen LogP contribution is 2.02. The van der Waals surface area contributed by atoms with Gasteiger partial charge in [0.05, 0.1) is 6.54 Å². The number of aliphatic hydroxyl groups is 1. The number of amidine groups is 1. The second-order valence-corrected chi connectivity index (χ2v) is 4.03. The van der Waals surface area contributed by atoms with Gasteiger partial charge in [-0.05, 0) is 6.92 Å². The average Bonchev–Trinajstić information content (AvgIpc) is 2.50. The Balaban J connectivity index is 2.33. The van der Waals surface area contributed by atoms with E-state index in [1.165, 1.54) is 11.4 Å². The van der Waals surface area contributed by atoms with Gasteiger partial charge in [0.25, 0.3) is 6.41 Å². The molecular weight excluding hydrogens is 226 g/mol. The van der Waals surface area contributed by atoms with Gasteiger partial charge in [0, 0.05) is 7.05 Å². The van der Waals surface area contributed by atoms with Crippen molar-refractivity contribution in [3.8, 4) is 0 Å². The van der Waals surface area contributed by atoms with Crippen molar-refractivity contribution < 1.29 is 23.4 Å². The molecule has 1 aliphatic heterocycles. The number of rotatable bonds is 4. The van der Waals surface area contributed by atoms with E-state index in [9.17, 15) is 4.21 Å². The Morgan fingerprint density at radius 3 is 3.00 bits per heavy atom. The van der Waals surface area contributed by atoms with Crippen LogP contribution in [-0.2, 0) is 20.8 Å². The van der Waals surface area contributed by atoms with Crippen molar-refractivity contribution in [3.05, 3.63) is 0 Å². The van der Waals surface area contributed by atoms with E-state index in [1.54, 1.807) is 6.92 Å². The minimum Gasteiger partial charge on any atom is -0.459 e. The molecule has 15 heavy (non-hydrogen) atoms. The van der Waals surface area contributed by atoms with Gasteiger partial charge in [-0.3, -0.25) is 4.55 Å². The van der Waals surface area contributed by atoms with Crippen LogP contribution in [0.4, 0.5) is 0 Å². The Labute approximate surface area is 89.3 Å². The Bertz CT molecular complexity index is 273. The number of aliphatic hydroxyl groups excluding tert-OH is 1. The number of hydroxylamine groups is 1. The van der Waals surface area contributed by atoms with Gasteiger partial charge in [-0.2, -0.15) is 4.99 Å². The Morgan fingerprint density at radius 1 is 1.87 bits per heavy atom. The lowest BCUT2D eigenvalue weighted by atomic mass is 10.4. The van der Waals surface area contributed by atoms with Gasteiger partial charge >= 0.3 is 6.02 Å².